The van der Waals surface area contributed by atoms with E-state index in [1.807, 2.05) is 12.4 Å². The smallest absolute Gasteiger partial charge is 0.147 e. The van der Waals surface area contributed by atoms with Gasteiger partial charge >= 0.3 is 0 Å². The van der Waals surface area contributed by atoms with Crippen LogP contribution in [0.5, 0.6) is 0 Å². The predicted molar refractivity (Wildman–Crippen MR) is 80.8 cm³/mol. The van der Waals surface area contributed by atoms with Gasteiger partial charge < -0.3 is 15.0 Å². The maximum atomic E-state index is 5.52. The van der Waals surface area contributed by atoms with Crippen molar-refractivity contribution in [1.82, 2.24) is 15.3 Å². The van der Waals surface area contributed by atoms with Gasteiger partial charge in [0.25, 0.3) is 0 Å². The van der Waals surface area contributed by atoms with Crippen molar-refractivity contribution >= 4 is 5.82 Å². The lowest BCUT2D eigenvalue weighted by molar-refractivity contribution is 0.0925. The zero-order chi connectivity index (χ0) is 14.4. The third-order valence-electron chi connectivity index (χ3n) is 3.54. The molecule has 1 aliphatic rings. The molecule has 2 heterocycles. The second kappa shape index (κ2) is 7.55. The summed E-state index contributed by atoms with van der Waals surface area (Å²) in [4.78, 5) is 11.4. The highest BCUT2D eigenvalue weighted by atomic mass is 16.5. The van der Waals surface area contributed by atoms with Crippen LogP contribution in [-0.4, -0.2) is 42.3 Å². The van der Waals surface area contributed by atoms with Crippen molar-refractivity contribution in [3.63, 3.8) is 0 Å². The number of nitrogens with one attached hydrogen (secondary N) is 1. The van der Waals surface area contributed by atoms with Gasteiger partial charge in [0.15, 0.2) is 0 Å². The molecule has 0 bridgehead atoms. The number of hydrogen-bond donors (Lipinski definition) is 1. The van der Waals surface area contributed by atoms with E-state index in [2.05, 4.69) is 41.0 Å². The summed E-state index contributed by atoms with van der Waals surface area (Å²) in [6.45, 7) is 10.8. The molecule has 0 radical (unpaired) electrons. The van der Waals surface area contributed by atoms with Crippen LogP contribution in [0.15, 0.2) is 12.4 Å². The topological polar surface area (TPSA) is 50.3 Å². The van der Waals surface area contributed by atoms with Gasteiger partial charge in [0.05, 0.1) is 37.3 Å². The van der Waals surface area contributed by atoms with E-state index in [9.17, 15) is 0 Å². The number of anilines is 1. The van der Waals surface area contributed by atoms with E-state index in [1.165, 1.54) is 0 Å². The van der Waals surface area contributed by atoms with Crippen LogP contribution in [0.25, 0.3) is 0 Å². The van der Waals surface area contributed by atoms with E-state index in [1.54, 1.807) is 0 Å². The van der Waals surface area contributed by atoms with Gasteiger partial charge in [0.2, 0.25) is 0 Å². The number of morpholine rings is 1. The molecule has 1 aliphatic heterocycles. The number of nitrogens with zero attached hydrogens (tertiary/aromatic N) is 3. The lowest BCUT2D eigenvalue weighted by atomic mass is 10.2. The molecule has 5 nitrogen and oxygen atoms in total. The normalized spacial score (nSPS) is 19.6. The summed E-state index contributed by atoms with van der Waals surface area (Å²) in [5.74, 6) is 1.62. The Morgan fingerprint density at radius 1 is 1.40 bits per heavy atom. The number of ether oxygens (including phenoxy) is 1. The average molecular weight is 278 g/mol. The Hall–Kier alpha value is -1.20. The van der Waals surface area contributed by atoms with Gasteiger partial charge in [-0.1, -0.05) is 20.8 Å². The van der Waals surface area contributed by atoms with Crippen LogP contribution in [0.1, 0.15) is 32.9 Å². The third kappa shape index (κ3) is 4.15. The summed E-state index contributed by atoms with van der Waals surface area (Å²) in [6.07, 6.45) is 4.84. The largest absolute Gasteiger partial charge is 0.377 e. The van der Waals surface area contributed by atoms with Crippen LogP contribution in [-0.2, 0) is 11.3 Å². The van der Waals surface area contributed by atoms with Crippen molar-refractivity contribution in [2.45, 2.75) is 39.8 Å². The molecule has 5 heteroatoms. The van der Waals surface area contributed by atoms with Gasteiger partial charge in [-0.05, 0) is 18.9 Å². The lowest BCUT2D eigenvalue weighted by Crippen LogP contribution is -2.45. The second-order valence-corrected chi connectivity index (χ2v) is 5.72. The fourth-order valence-electron chi connectivity index (χ4n) is 2.37. The zero-order valence-corrected chi connectivity index (χ0v) is 12.8. The minimum atomic E-state index is 0.419. The monoisotopic (exact) mass is 278 g/mol. The third-order valence-corrected chi connectivity index (χ3v) is 3.54. The first kappa shape index (κ1) is 15.2. The van der Waals surface area contributed by atoms with Crippen LogP contribution in [0.2, 0.25) is 0 Å². The molecule has 1 fully saturated rings. The zero-order valence-electron chi connectivity index (χ0n) is 12.8. The molecule has 0 spiro atoms. The molecule has 20 heavy (non-hydrogen) atoms. The van der Waals surface area contributed by atoms with Crippen molar-refractivity contribution in [2.24, 2.45) is 5.92 Å². The van der Waals surface area contributed by atoms with Crippen LogP contribution < -0.4 is 10.2 Å². The predicted octanol–water partition coefficient (Wildman–Crippen LogP) is 1.84. The average Bonchev–Trinajstić information content (AvgIpc) is 2.47. The summed E-state index contributed by atoms with van der Waals surface area (Å²) in [6, 6.07) is 0.419. The van der Waals surface area contributed by atoms with E-state index < -0.39 is 0 Å². The SMILES string of the molecule is CCC1COCCN1c1cnc(CNCC(C)C)cn1. The fourth-order valence-corrected chi connectivity index (χ4v) is 2.37. The molecular weight excluding hydrogens is 252 g/mol. The Balaban J connectivity index is 1.93. The molecule has 1 atom stereocenters. The summed E-state index contributed by atoms with van der Waals surface area (Å²) >= 11 is 0. The number of aromatic nitrogens is 2. The minimum Gasteiger partial charge on any atom is -0.377 e. The fraction of sp³-hybridized carbons (Fsp3) is 0.733. The van der Waals surface area contributed by atoms with Gasteiger partial charge in [-0.15, -0.1) is 0 Å². The highest BCUT2D eigenvalue weighted by Gasteiger charge is 2.22. The maximum absolute atomic E-state index is 5.52. The summed E-state index contributed by atoms with van der Waals surface area (Å²) in [7, 11) is 0. The van der Waals surface area contributed by atoms with Gasteiger partial charge in [-0.2, -0.15) is 0 Å². The highest BCUT2D eigenvalue weighted by Crippen LogP contribution is 2.18. The standard InChI is InChI=1S/C15H26N4O/c1-4-14-11-20-6-5-19(14)15-10-17-13(9-18-15)8-16-7-12(2)3/h9-10,12,14,16H,4-8,11H2,1-3H3. The Morgan fingerprint density at radius 2 is 2.25 bits per heavy atom. The quantitative estimate of drug-likeness (QED) is 0.860. The van der Waals surface area contributed by atoms with Crippen LogP contribution >= 0.6 is 0 Å². The first-order valence-electron chi connectivity index (χ1n) is 7.56. The van der Waals surface area contributed by atoms with Crippen LogP contribution in [0.4, 0.5) is 5.82 Å². The molecule has 0 saturated carbocycles. The van der Waals surface area contributed by atoms with Crippen molar-refractivity contribution in [1.29, 1.82) is 0 Å². The molecule has 1 aromatic rings. The first-order chi connectivity index (χ1) is 9.70. The Morgan fingerprint density at radius 3 is 2.90 bits per heavy atom. The highest BCUT2D eigenvalue weighted by molar-refractivity contribution is 5.38. The maximum Gasteiger partial charge on any atom is 0.147 e. The van der Waals surface area contributed by atoms with Crippen molar-refractivity contribution in [3.8, 4) is 0 Å². The Bertz CT molecular complexity index is 393. The van der Waals surface area contributed by atoms with E-state index in [0.717, 1.165) is 50.8 Å². The molecule has 1 N–H and O–H groups in total. The number of hydrogen-bond acceptors (Lipinski definition) is 5. The molecule has 1 aromatic heterocycles. The minimum absolute atomic E-state index is 0.419. The molecule has 2 rings (SSSR count). The molecular formula is C15H26N4O. The van der Waals surface area contributed by atoms with Crippen LogP contribution in [0.3, 0.4) is 0 Å². The van der Waals surface area contributed by atoms with E-state index in [4.69, 9.17) is 4.74 Å². The molecule has 112 valence electrons. The van der Waals surface area contributed by atoms with E-state index in [-0.39, 0.29) is 0 Å². The van der Waals surface area contributed by atoms with E-state index in [0.29, 0.717) is 12.0 Å². The Kier molecular flexibility index (Phi) is 5.73. The van der Waals surface area contributed by atoms with Crippen molar-refractivity contribution in [3.05, 3.63) is 18.1 Å². The molecule has 1 saturated heterocycles. The molecule has 1 unspecified atom stereocenters. The van der Waals surface area contributed by atoms with Crippen LogP contribution in [0, 0.1) is 5.92 Å². The molecule has 0 aromatic carbocycles. The summed E-state index contributed by atoms with van der Waals surface area (Å²) in [5, 5.41) is 3.38. The van der Waals surface area contributed by atoms with Gasteiger partial charge in [0.1, 0.15) is 5.82 Å². The second-order valence-electron chi connectivity index (χ2n) is 5.72. The van der Waals surface area contributed by atoms with E-state index >= 15 is 0 Å². The summed E-state index contributed by atoms with van der Waals surface area (Å²) in [5.41, 5.74) is 0.996. The summed E-state index contributed by atoms with van der Waals surface area (Å²) < 4.78 is 5.52. The van der Waals surface area contributed by atoms with Crippen molar-refractivity contribution < 1.29 is 4.74 Å². The Labute approximate surface area is 121 Å². The van der Waals surface area contributed by atoms with Gasteiger partial charge in [-0.25, -0.2) is 4.98 Å². The number of rotatable bonds is 6. The first-order valence-corrected chi connectivity index (χ1v) is 7.56. The lowest BCUT2D eigenvalue weighted by Gasteiger charge is -2.35. The molecule has 0 amide bonds. The van der Waals surface area contributed by atoms with Crippen molar-refractivity contribution in [2.75, 3.05) is 31.2 Å². The van der Waals surface area contributed by atoms with Gasteiger partial charge in [0, 0.05) is 13.1 Å². The molecule has 0 aliphatic carbocycles. The van der Waals surface area contributed by atoms with Gasteiger partial charge in [-0.3, -0.25) is 4.98 Å².